The van der Waals surface area contributed by atoms with E-state index in [-0.39, 0.29) is 24.0 Å². The molecule has 2 aromatic rings. The Balaban J connectivity index is 1.78. The highest BCUT2D eigenvalue weighted by Crippen LogP contribution is 2.38. The van der Waals surface area contributed by atoms with Crippen LogP contribution in [0.4, 0.5) is 13.2 Å². The molecule has 2 aromatic carbocycles. The lowest BCUT2D eigenvalue weighted by Gasteiger charge is -2.29. The normalized spacial score (nSPS) is 16.6. The zero-order valence-corrected chi connectivity index (χ0v) is 18.2. The second-order valence-electron chi connectivity index (χ2n) is 6.93. The van der Waals surface area contributed by atoms with Crippen LogP contribution in [0.3, 0.4) is 0 Å². The monoisotopic (exact) mass is 474 g/mol. The Morgan fingerprint density at radius 3 is 2.53 bits per heavy atom. The predicted molar refractivity (Wildman–Crippen MR) is 109 cm³/mol. The van der Waals surface area contributed by atoms with Crippen molar-refractivity contribution in [3.63, 3.8) is 0 Å². The Kier molecular flexibility index (Phi) is 7.66. The number of halogens is 4. The van der Waals surface area contributed by atoms with E-state index in [1.165, 1.54) is 0 Å². The third kappa shape index (κ3) is 5.72. The molecule has 1 fully saturated rings. The van der Waals surface area contributed by atoms with Gasteiger partial charge in [-0.25, -0.2) is 4.79 Å². The number of esters is 1. The fraction of sp³-hybridized carbons (Fsp3) is 0.409. The van der Waals surface area contributed by atoms with Crippen molar-refractivity contribution in [2.45, 2.75) is 31.9 Å². The number of benzene rings is 2. The molecular weight excluding hydrogens is 453 g/mol. The van der Waals surface area contributed by atoms with Crippen molar-refractivity contribution >= 4 is 17.6 Å². The van der Waals surface area contributed by atoms with E-state index < -0.39 is 29.6 Å². The first-order valence-electron chi connectivity index (χ1n) is 9.86. The first kappa shape index (κ1) is 24.3. The van der Waals surface area contributed by atoms with Gasteiger partial charge >= 0.3 is 12.1 Å². The minimum Gasteiger partial charge on any atom is -0.464 e. The summed E-state index contributed by atoms with van der Waals surface area (Å²) in [5, 5.41) is -0.181. The van der Waals surface area contributed by atoms with E-state index in [9.17, 15) is 18.0 Å². The molecule has 0 bridgehead atoms. The molecule has 0 aromatic heterocycles. The number of carbonyl (C=O) groups is 1. The molecule has 0 aliphatic carbocycles. The van der Waals surface area contributed by atoms with Gasteiger partial charge in [-0.15, -0.1) is 0 Å². The zero-order chi connectivity index (χ0) is 23.4. The van der Waals surface area contributed by atoms with Crippen LogP contribution in [0.1, 0.15) is 25.0 Å². The maximum absolute atomic E-state index is 12.8. The second kappa shape index (κ2) is 10.1. The van der Waals surface area contributed by atoms with Gasteiger partial charge in [0.15, 0.2) is 6.10 Å². The molecule has 0 spiro atoms. The molecule has 0 radical (unpaired) electrons. The summed E-state index contributed by atoms with van der Waals surface area (Å²) in [6.07, 6.45) is -5.34. The van der Waals surface area contributed by atoms with Gasteiger partial charge < -0.3 is 23.7 Å². The van der Waals surface area contributed by atoms with E-state index in [1.54, 1.807) is 38.1 Å². The van der Waals surface area contributed by atoms with Gasteiger partial charge in [0, 0.05) is 5.56 Å². The number of hydrogen-bond donors (Lipinski definition) is 0. The summed E-state index contributed by atoms with van der Waals surface area (Å²) in [4.78, 5) is 11.8. The summed E-state index contributed by atoms with van der Waals surface area (Å²) in [5.74, 6) is -1.41. The molecule has 1 heterocycles. The Hall–Kier alpha value is -2.33. The van der Waals surface area contributed by atoms with Gasteiger partial charge in [-0.1, -0.05) is 23.7 Å². The average Bonchev–Trinajstić information content (AvgIpc) is 3.23. The molecule has 10 heteroatoms. The highest BCUT2D eigenvalue weighted by atomic mass is 35.5. The van der Waals surface area contributed by atoms with Crippen LogP contribution in [0, 0.1) is 0 Å². The van der Waals surface area contributed by atoms with Crippen LogP contribution in [0.25, 0.3) is 0 Å². The summed E-state index contributed by atoms with van der Waals surface area (Å²) in [7, 11) is 0. The first-order chi connectivity index (χ1) is 15.1. The highest BCUT2D eigenvalue weighted by molar-refractivity contribution is 6.32. The van der Waals surface area contributed by atoms with E-state index >= 15 is 0 Å². The topological polar surface area (TPSA) is 63.2 Å². The van der Waals surface area contributed by atoms with E-state index in [1.807, 2.05) is 0 Å². The van der Waals surface area contributed by atoms with E-state index in [2.05, 4.69) is 0 Å². The fourth-order valence-corrected chi connectivity index (χ4v) is 3.25. The minimum atomic E-state index is -4.51. The SMILES string of the molecule is CCOC(=O)C(C)OCC1(c2cccc(Oc3ccc(C(F)(F)F)cc3Cl)c2)OCCO1. The van der Waals surface area contributed by atoms with Crippen LogP contribution in [-0.4, -0.2) is 38.5 Å². The summed E-state index contributed by atoms with van der Waals surface area (Å²) >= 11 is 5.98. The molecule has 1 aliphatic heterocycles. The molecular formula is C22H22ClF3O6. The number of ether oxygens (including phenoxy) is 5. The van der Waals surface area contributed by atoms with Crippen molar-refractivity contribution in [2.75, 3.05) is 26.4 Å². The number of rotatable bonds is 8. The van der Waals surface area contributed by atoms with Gasteiger partial charge in [-0.3, -0.25) is 0 Å². The van der Waals surface area contributed by atoms with Crippen LogP contribution >= 0.6 is 11.6 Å². The number of hydrogen-bond acceptors (Lipinski definition) is 6. The molecule has 0 N–H and O–H groups in total. The van der Waals surface area contributed by atoms with E-state index in [0.29, 0.717) is 24.5 Å². The van der Waals surface area contributed by atoms with Gasteiger partial charge in [0.05, 0.1) is 30.4 Å². The third-order valence-electron chi connectivity index (χ3n) is 4.66. The van der Waals surface area contributed by atoms with Crippen molar-refractivity contribution in [3.05, 3.63) is 58.6 Å². The molecule has 1 atom stereocenters. The summed E-state index contributed by atoms with van der Waals surface area (Å²) in [6.45, 7) is 4.03. The lowest BCUT2D eigenvalue weighted by Crippen LogP contribution is -2.36. The molecule has 1 unspecified atom stereocenters. The van der Waals surface area contributed by atoms with Gasteiger partial charge in [0.1, 0.15) is 18.1 Å². The lowest BCUT2D eigenvalue weighted by atomic mass is 10.1. The molecule has 6 nitrogen and oxygen atoms in total. The standard InChI is InChI=1S/C22H22ClF3O6/c1-3-28-20(27)14(2)29-13-21(30-9-10-31-21)15-5-4-6-17(11-15)32-19-8-7-16(12-18(19)23)22(24,25)26/h4-8,11-12,14H,3,9-10,13H2,1-2H3. The molecule has 0 saturated carbocycles. The Bertz CT molecular complexity index is 944. The molecule has 0 amide bonds. The smallest absolute Gasteiger partial charge is 0.416 e. The van der Waals surface area contributed by atoms with Crippen LogP contribution in [0.5, 0.6) is 11.5 Å². The maximum Gasteiger partial charge on any atom is 0.416 e. The fourth-order valence-electron chi connectivity index (χ4n) is 3.03. The molecule has 1 aliphatic rings. The van der Waals surface area contributed by atoms with Crippen LogP contribution in [0.2, 0.25) is 5.02 Å². The van der Waals surface area contributed by atoms with Crippen molar-refractivity contribution in [1.29, 1.82) is 0 Å². The van der Waals surface area contributed by atoms with E-state index in [0.717, 1.165) is 18.2 Å². The van der Waals surface area contributed by atoms with Crippen LogP contribution in [0.15, 0.2) is 42.5 Å². The largest absolute Gasteiger partial charge is 0.464 e. The van der Waals surface area contributed by atoms with Gasteiger partial charge in [-0.05, 0) is 44.2 Å². The number of carbonyl (C=O) groups excluding carboxylic acids is 1. The summed E-state index contributed by atoms with van der Waals surface area (Å²) in [5.41, 5.74) is -0.324. The minimum absolute atomic E-state index is 0.0614. The van der Waals surface area contributed by atoms with Crippen molar-refractivity contribution < 1.29 is 41.7 Å². The van der Waals surface area contributed by atoms with Crippen LogP contribution < -0.4 is 4.74 Å². The maximum atomic E-state index is 12.8. The van der Waals surface area contributed by atoms with Gasteiger partial charge in [0.2, 0.25) is 5.79 Å². The second-order valence-corrected chi connectivity index (χ2v) is 7.34. The quantitative estimate of drug-likeness (QED) is 0.483. The third-order valence-corrected chi connectivity index (χ3v) is 4.95. The van der Waals surface area contributed by atoms with Crippen molar-refractivity contribution in [3.8, 4) is 11.5 Å². The lowest BCUT2D eigenvalue weighted by molar-refractivity contribution is -0.213. The molecule has 1 saturated heterocycles. The van der Waals surface area contributed by atoms with Gasteiger partial charge in [-0.2, -0.15) is 13.2 Å². The van der Waals surface area contributed by atoms with Crippen LogP contribution in [-0.2, 0) is 35.7 Å². The zero-order valence-electron chi connectivity index (χ0n) is 17.4. The predicted octanol–water partition coefficient (Wildman–Crippen LogP) is 5.32. The van der Waals surface area contributed by atoms with Crippen molar-refractivity contribution in [1.82, 2.24) is 0 Å². The van der Waals surface area contributed by atoms with E-state index in [4.69, 9.17) is 35.3 Å². The average molecular weight is 475 g/mol. The van der Waals surface area contributed by atoms with Crippen molar-refractivity contribution in [2.24, 2.45) is 0 Å². The summed E-state index contributed by atoms with van der Waals surface area (Å²) < 4.78 is 66.4. The first-order valence-corrected chi connectivity index (χ1v) is 10.2. The Labute approximate surface area is 188 Å². The highest BCUT2D eigenvalue weighted by Gasteiger charge is 2.40. The molecule has 174 valence electrons. The van der Waals surface area contributed by atoms with Gasteiger partial charge in [0.25, 0.3) is 0 Å². The number of alkyl halides is 3. The molecule has 3 rings (SSSR count). The Morgan fingerprint density at radius 1 is 1.19 bits per heavy atom. The summed E-state index contributed by atoms with van der Waals surface area (Å²) in [6, 6.07) is 9.46. The molecule has 32 heavy (non-hydrogen) atoms. The Morgan fingerprint density at radius 2 is 1.91 bits per heavy atom.